The van der Waals surface area contributed by atoms with Crippen LogP contribution in [0.5, 0.6) is 23.0 Å². The summed E-state index contributed by atoms with van der Waals surface area (Å²) in [5.74, 6) is 1.19. The highest BCUT2D eigenvalue weighted by Crippen LogP contribution is 2.36. The van der Waals surface area contributed by atoms with Crippen molar-refractivity contribution in [2.45, 2.75) is 19.3 Å². The predicted molar refractivity (Wildman–Crippen MR) is 125 cm³/mol. The number of aromatic hydroxyl groups is 4. The van der Waals surface area contributed by atoms with Crippen LogP contribution in [-0.4, -0.2) is 20.4 Å². The SMILES string of the molecule is CC(C)(c1ccc(O)cc1)c1ccccc1O.Oc1ccccc1.Oc1ccccc1. The fourth-order valence-electron chi connectivity index (χ4n) is 2.89. The van der Waals surface area contributed by atoms with Gasteiger partial charge in [0, 0.05) is 11.0 Å². The van der Waals surface area contributed by atoms with E-state index in [0.717, 1.165) is 11.1 Å². The first-order valence-electron chi connectivity index (χ1n) is 9.86. The van der Waals surface area contributed by atoms with Gasteiger partial charge in [0.05, 0.1) is 0 Å². The molecule has 4 nitrogen and oxygen atoms in total. The lowest BCUT2D eigenvalue weighted by Gasteiger charge is -2.26. The minimum Gasteiger partial charge on any atom is -0.508 e. The second kappa shape index (κ2) is 11.3. The van der Waals surface area contributed by atoms with E-state index in [4.69, 9.17) is 10.2 Å². The van der Waals surface area contributed by atoms with Gasteiger partial charge in [-0.1, -0.05) is 80.6 Å². The van der Waals surface area contributed by atoms with Crippen LogP contribution in [0.25, 0.3) is 0 Å². The van der Waals surface area contributed by atoms with Gasteiger partial charge in [-0.3, -0.25) is 0 Å². The summed E-state index contributed by atoms with van der Waals surface area (Å²) in [5, 5.41) is 36.5. The molecule has 4 rings (SSSR count). The van der Waals surface area contributed by atoms with Crippen LogP contribution < -0.4 is 0 Å². The van der Waals surface area contributed by atoms with Crippen LogP contribution in [0.1, 0.15) is 25.0 Å². The standard InChI is InChI=1S/C15H16O2.2C6H6O/c1-15(2,11-7-9-12(16)10-8-11)13-5-3-4-6-14(13)17;2*7-6-4-2-1-3-5-6/h3-10,16-17H,1-2H3;2*1-5,7H. The Labute approximate surface area is 183 Å². The van der Waals surface area contributed by atoms with Crippen LogP contribution in [0, 0.1) is 0 Å². The van der Waals surface area contributed by atoms with Gasteiger partial charge in [0.2, 0.25) is 0 Å². The molecule has 0 radical (unpaired) electrons. The number of hydrogen-bond donors (Lipinski definition) is 4. The van der Waals surface area contributed by atoms with Crippen molar-refractivity contribution >= 4 is 0 Å². The van der Waals surface area contributed by atoms with E-state index in [0.29, 0.717) is 17.2 Å². The van der Waals surface area contributed by atoms with Gasteiger partial charge in [-0.05, 0) is 48.0 Å². The summed E-state index contributed by atoms with van der Waals surface area (Å²) in [7, 11) is 0. The van der Waals surface area contributed by atoms with Crippen LogP contribution >= 0.6 is 0 Å². The van der Waals surface area contributed by atoms with E-state index < -0.39 is 0 Å². The maximum absolute atomic E-state index is 9.91. The maximum Gasteiger partial charge on any atom is 0.119 e. The first kappa shape index (κ1) is 23.4. The van der Waals surface area contributed by atoms with E-state index in [1.54, 1.807) is 66.7 Å². The smallest absolute Gasteiger partial charge is 0.119 e. The third kappa shape index (κ3) is 7.44. The Balaban J connectivity index is 0.000000199. The minimum absolute atomic E-state index is 0.252. The number of phenolic OH excluding ortho intramolecular Hbond substituents is 4. The third-order valence-electron chi connectivity index (χ3n) is 4.68. The van der Waals surface area contributed by atoms with Gasteiger partial charge in [-0.15, -0.1) is 0 Å². The van der Waals surface area contributed by atoms with Crippen molar-refractivity contribution in [2.75, 3.05) is 0 Å². The lowest BCUT2D eigenvalue weighted by molar-refractivity contribution is 0.452. The zero-order chi connectivity index (χ0) is 22.7. The van der Waals surface area contributed by atoms with E-state index in [9.17, 15) is 10.2 Å². The molecule has 160 valence electrons. The van der Waals surface area contributed by atoms with Crippen molar-refractivity contribution in [1.29, 1.82) is 0 Å². The summed E-state index contributed by atoms with van der Waals surface area (Å²) in [6.07, 6.45) is 0. The summed E-state index contributed by atoms with van der Waals surface area (Å²) < 4.78 is 0. The van der Waals surface area contributed by atoms with E-state index >= 15 is 0 Å². The molecule has 0 aromatic heterocycles. The molecule has 0 amide bonds. The summed E-state index contributed by atoms with van der Waals surface area (Å²) >= 11 is 0. The molecule has 4 aromatic rings. The molecule has 0 unspecified atom stereocenters. The molecule has 0 heterocycles. The Morgan fingerprint density at radius 1 is 0.452 bits per heavy atom. The Morgan fingerprint density at radius 3 is 1.23 bits per heavy atom. The van der Waals surface area contributed by atoms with Gasteiger partial charge in [-0.2, -0.15) is 0 Å². The summed E-state index contributed by atoms with van der Waals surface area (Å²) in [4.78, 5) is 0. The van der Waals surface area contributed by atoms with Gasteiger partial charge in [0.15, 0.2) is 0 Å². The summed E-state index contributed by atoms with van der Waals surface area (Å²) in [6, 6.07) is 31.8. The molecule has 0 bridgehead atoms. The molecule has 4 N–H and O–H groups in total. The van der Waals surface area contributed by atoms with Crippen LogP contribution in [0.4, 0.5) is 0 Å². The largest absolute Gasteiger partial charge is 0.508 e. The van der Waals surface area contributed by atoms with Gasteiger partial charge < -0.3 is 20.4 Å². The molecule has 0 aliphatic carbocycles. The first-order chi connectivity index (χ1) is 14.8. The van der Waals surface area contributed by atoms with Crippen molar-refractivity contribution in [3.05, 3.63) is 120 Å². The van der Waals surface area contributed by atoms with Gasteiger partial charge in [-0.25, -0.2) is 0 Å². The quantitative estimate of drug-likeness (QED) is 0.313. The highest BCUT2D eigenvalue weighted by molar-refractivity contribution is 5.45. The number of hydrogen-bond acceptors (Lipinski definition) is 4. The van der Waals surface area contributed by atoms with E-state index in [1.165, 1.54) is 0 Å². The summed E-state index contributed by atoms with van der Waals surface area (Å²) in [5.41, 5.74) is 1.64. The zero-order valence-corrected chi connectivity index (χ0v) is 17.7. The Bertz CT molecular complexity index is 990. The molecule has 0 aliphatic rings. The third-order valence-corrected chi connectivity index (χ3v) is 4.68. The lowest BCUT2D eigenvalue weighted by atomic mass is 9.78. The van der Waals surface area contributed by atoms with Crippen molar-refractivity contribution in [1.82, 2.24) is 0 Å². The Kier molecular flexibility index (Phi) is 8.52. The van der Waals surface area contributed by atoms with E-state index in [1.807, 2.05) is 42.5 Å². The van der Waals surface area contributed by atoms with Gasteiger partial charge in [0.25, 0.3) is 0 Å². The second-order valence-electron chi connectivity index (χ2n) is 7.36. The molecular formula is C27H28O4. The van der Waals surface area contributed by atoms with Gasteiger partial charge in [0.1, 0.15) is 23.0 Å². The average Bonchev–Trinajstić information content (AvgIpc) is 2.76. The molecule has 4 heteroatoms. The highest BCUT2D eigenvalue weighted by Gasteiger charge is 2.25. The maximum atomic E-state index is 9.91. The monoisotopic (exact) mass is 416 g/mol. The molecule has 0 fully saturated rings. The van der Waals surface area contributed by atoms with Crippen LogP contribution in [-0.2, 0) is 5.41 Å². The predicted octanol–water partition coefficient (Wildman–Crippen LogP) is 6.21. The number of para-hydroxylation sites is 3. The second-order valence-corrected chi connectivity index (χ2v) is 7.36. The first-order valence-corrected chi connectivity index (χ1v) is 9.86. The normalized spacial score (nSPS) is 10.1. The van der Waals surface area contributed by atoms with Gasteiger partial charge >= 0.3 is 0 Å². The number of rotatable bonds is 2. The fraction of sp³-hybridized carbons (Fsp3) is 0.111. The lowest BCUT2D eigenvalue weighted by Crippen LogP contribution is -2.18. The Hall–Kier alpha value is -3.92. The van der Waals surface area contributed by atoms with Crippen molar-refractivity contribution in [2.24, 2.45) is 0 Å². The molecular weight excluding hydrogens is 388 g/mol. The molecule has 0 aliphatic heterocycles. The van der Waals surface area contributed by atoms with Crippen LogP contribution in [0.15, 0.2) is 109 Å². The fourth-order valence-corrected chi connectivity index (χ4v) is 2.89. The minimum atomic E-state index is -0.293. The van der Waals surface area contributed by atoms with Crippen molar-refractivity contribution < 1.29 is 20.4 Å². The van der Waals surface area contributed by atoms with Crippen LogP contribution in [0.2, 0.25) is 0 Å². The highest BCUT2D eigenvalue weighted by atomic mass is 16.3. The average molecular weight is 417 g/mol. The van der Waals surface area contributed by atoms with Crippen molar-refractivity contribution in [3.63, 3.8) is 0 Å². The van der Waals surface area contributed by atoms with E-state index in [-0.39, 0.29) is 11.2 Å². The van der Waals surface area contributed by atoms with E-state index in [2.05, 4.69) is 13.8 Å². The number of benzene rings is 4. The number of phenols is 4. The molecule has 0 spiro atoms. The summed E-state index contributed by atoms with van der Waals surface area (Å²) in [6.45, 7) is 4.10. The van der Waals surface area contributed by atoms with Crippen LogP contribution in [0.3, 0.4) is 0 Å². The molecule has 0 saturated heterocycles. The topological polar surface area (TPSA) is 80.9 Å². The van der Waals surface area contributed by atoms with Crippen molar-refractivity contribution in [3.8, 4) is 23.0 Å². The molecule has 4 aromatic carbocycles. The molecule has 0 atom stereocenters. The molecule has 0 saturated carbocycles. The molecule has 31 heavy (non-hydrogen) atoms. The zero-order valence-electron chi connectivity index (χ0n) is 17.7. The Morgan fingerprint density at radius 2 is 0.839 bits per heavy atom.